The summed E-state index contributed by atoms with van der Waals surface area (Å²) in [6, 6.07) is 12.7. The van der Waals surface area contributed by atoms with Crippen LogP contribution in [0, 0.1) is 0 Å². The fraction of sp³-hybridized carbons (Fsp3) is 0.227. The maximum Gasteiger partial charge on any atom is 0.331 e. The standard InChI is InChI=1S/C22H21N5O3/c1-23-13-16-11-18(6-8-24-16)29-17-4-5-19-15(10-17)7-9-27(19)22(28)25-21-12-20(30-26-21)14-2-3-14/h4-12,14,23H,2-3,13H2,1H3,(H,25,26,28). The van der Waals surface area contributed by atoms with Crippen molar-refractivity contribution in [3.05, 3.63) is 66.3 Å². The molecule has 1 aliphatic rings. The topological polar surface area (TPSA) is 94.2 Å². The SMILES string of the molecule is CNCc1cc(Oc2ccc3c(ccn3C(=O)Nc3cc(C4CC4)on3)c2)ccn1. The smallest absolute Gasteiger partial charge is 0.331 e. The van der Waals surface area contributed by atoms with E-state index >= 15 is 0 Å². The maximum atomic E-state index is 12.7. The highest BCUT2D eigenvalue weighted by Crippen LogP contribution is 2.40. The van der Waals surface area contributed by atoms with Gasteiger partial charge in [-0.25, -0.2) is 4.79 Å². The van der Waals surface area contributed by atoms with Crippen LogP contribution >= 0.6 is 0 Å². The van der Waals surface area contributed by atoms with Gasteiger partial charge in [0.05, 0.1) is 11.2 Å². The third kappa shape index (κ3) is 3.77. The van der Waals surface area contributed by atoms with Gasteiger partial charge >= 0.3 is 6.03 Å². The number of rotatable bonds is 6. The Morgan fingerprint density at radius 1 is 1.20 bits per heavy atom. The van der Waals surface area contributed by atoms with Gasteiger partial charge in [-0.1, -0.05) is 5.16 Å². The molecule has 0 radical (unpaired) electrons. The van der Waals surface area contributed by atoms with Gasteiger partial charge in [0.25, 0.3) is 0 Å². The number of fused-ring (bicyclic) bond motifs is 1. The van der Waals surface area contributed by atoms with E-state index in [0.29, 0.717) is 29.8 Å². The van der Waals surface area contributed by atoms with Crippen molar-refractivity contribution in [2.75, 3.05) is 12.4 Å². The summed E-state index contributed by atoms with van der Waals surface area (Å²) >= 11 is 0. The highest BCUT2D eigenvalue weighted by molar-refractivity contribution is 5.98. The minimum atomic E-state index is -0.292. The first-order valence-electron chi connectivity index (χ1n) is 9.86. The van der Waals surface area contributed by atoms with Crippen LogP contribution in [-0.4, -0.2) is 27.8 Å². The second-order valence-corrected chi connectivity index (χ2v) is 7.34. The zero-order chi connectivity index (χ0) is 20.5. The predicted octanol–water partition coefficient (Wildman–Crippen LogP) is 4.49. The molecular weight excluding hydrogens is 382 g/mol. The van der Waals surface area contributed by atoms with Crippen molar-refractivity contribution in [2.24, 2.45) is 0 Å². The number of anilines is 1. The minimum Gasteiger partial charge on any atom is -0.457 e. The highest BCUT2D eigenvalue weighted by Gasteiger charge is 2.28. The molecule has 3 heterocycles. The lowest BCUT2D eigenvalue weighted by Gasteiger charge is -2.08. The molecule has 152 valence electrons. The first-order valence-corrected chi connectivity index (χ1v) is 9.86. The number of hydrogen-bond acceptors (Lipinski definition) is 6. The van der Waals surface area contributed by atoms with E-state index in [4.69, 9.17) is 9.26 Å². The number of pyridine rings is 1. The average molecular weight is 403 g/mol. The van der Waals surface area contributed by atoms with Crippen LogP contribution < -0.4 is 15.4 Å². The van der Waals surface area contributed by atoms with Gasteiger partial charge in [0.15, 0.2) is 5.82 Å². The molecule has 1 aliphatic carbocycles. The van der Waals surface area contributed by atoms with E-state index < -0.39 is 0 Å². The van der Waals surface area contributed by atoms with Gasteiger partial charge < -0.3 is 14.6 Å². The van der Waals surface area contributed by atoms with E-state index in [0.717, 1.165) is 35.2 Å². The molecule has 0 unspecified atom stereocenters. The van der Waals surface area contributed by atoms with Crippen LogP contribution in [0.4, 0.5) is 10.6 Å². The van der Waals surface area contributed by atoms with Crippen LogP contribution in [0.5, 0.6) is 11.5 Å². The van der Waals surface area contributed by atoms with Gasteiger partial charge in [0, 0.05) is 42.4 Å². The van der Waals surface area contributed by atoms with Crippen LogP contribution in [0.2, 0.25) is 0 Å². The van der Waals surface area contributed by atoms with E-state index in [1.54, 1.807) is 23.0 Å². The number of nitrogens with zero attached hydrogens (tertiary/aromatic N) is 3. The first-order chi connectivity index (χ1) is 14.7. The van der Waals surface area contributed by atoms with Crippen molar-refractivity contribution >= 4 is 22.8 Å². The fourth-order valence-electron chi connectivity index (χ4n) is 3.37. The summed E-state index contributed by atoms with van der Waals surface area (Å²) in [5.41, 5.74) is 1.67. The van der Waals surface area contributed by atoms with Crippen LogP contribution in [-0.2, 0) is 6.54 Å². The Bertz CT molecular complexity index is 1210. The number of nitrogens with one attached hydrogen (secondary N) is 2. The zero-order valence-electron chi connectivity index (χ0n) is 16.5. The van der Waals surface area contributed by atoms with E-state index in [2.05, 4.69) is 20.8 Å². The molecule has 0 spiro atoms. The third-order valence-electron chi connectivity index (χ3n) is 5.01. The quantitative estimate of drug-likeness (QED) is 0.492. The molecule has 8 nitrogen and oxygen atoms in total. The first kappa shape index (κ1) is 18.4. The van der Waals surface area contributed by atoms with E-state index in [1.165, 1.54) is 0 Å². The Labute approximate surface area is 172 Å². The molecule has 2 N–H and O–H groups in total. The Morgan fingerprint density at radius 3 is 2.90 bits per heavy atom. The molecule has 5 rings (SSSR count). The lowest BCUT2D eigenvalue weighted by atomic mass is 10.2. The molecule has 1 saturated carbocycles. The second-order valence-electron chi connectivity index (χ2n) is 7.34. The Kier molecular flexibility index (Phi) is 4.68. The monoisotopic (exact) mass is 403 g/mol. The largest absolute Gasteiger partial charge is 0.457 e. The Balaban J connectivity index is 1.32. The number of aromatic nitrogens is 3. The molecule has 30 heavy (non-hydrogen) atoms. The molecule has 0 aliphatic heterocycles. The number of ether oxygens (including phenoxy) is 1. The molecule has 0 bridgehead atoms. The van der Waals surface area contributed by atoms with Gasteiger partial charge in [-0.05, 0) is 50.2 Å². The number of amides is 1. The molecule has 1 aromatic carbocycles. The Hall–Kier alpha value is -3.65. The van der Waals surface area contributed by atoms with Gasteiger partial charge in [-0.3, -0.25) is 14.9 Å². The van der Waals surface area contributed by atoms with Crippen molar-refractivity contribution in [3.8, 4) is 11.5 Å². The van der Waals surface area contributed by atoms with E-state index in [9.17, 15) is 4.79 Å². The summed E-state index contributed by atoms with van der Waals surface area (Å²) in [6.07, 6.45) is 5.68. The van der Waals surface area contributed by atoms with E-state index in [1.807, 2.05) is 43.4 Å². The fourth-order valence-corrected chi connectivity index (χ4v) is 3.37. The van der Waals surface area contributed by atoms with Crippen LogP contribution in [0.3, 0.4) is 0 Å². The summed E-state index contributed by atoms with van der Waals surface area (Å²) in [5.74, 6) is 3.11. The molecule has 0 saturated heterocycles. The average Bonchev–Trinajstić information content (AvgIpc) is 3.34. The molecule has 8 heteroatoms. The van der Waals surface area contributed by atoms with Crippen LogP contribution in [0.1, 0.15) is 30.2 Å². The van der Waals surface area contributed by atoms with Crippen LogP contribution in [0.15, 0.2) is 59.4 Å². The molecular formula is C22H21N5O3. The number of carbonyl (C=O) groups is 1. The second kappa shape index (κ2) is 7.64. The normalized spacial score (nSPS) is 13.5. The lowest BCUT2D eigenvalue weighted by Crippen LogP contribution is -2.18. The molecule has 1 fully saturated rings. The van der Waals surface area contributed by atoms with E-state index in [-0.39, 0.29) is 6.03 Å². The summed E-state index contributed by atoms with van der Waals surface area (Å²) in [4.78, 5) is 17.0. The molecule has 0 atom stereocenters. The minimum absolute atomic E-state index is 0.292. The van der Waals surface area contributed by atoms with Crippen LogP contribution in [0.25, 0.3) is 10.9 Å². The zero-order valence-corrected chi connectivity index (χ0v) is 16.5. The maximum absolute atomic E-state index is 12.7. The van der Waals surface area contributed by atoms with Gasteiger partial charge in [0.2, 0.25) is 0 Å². The number of benzene rings is 1. The van der Waals surface area contributed by atoms with Crippen molar-refractivity contribution in [1.29, 1.82) is 0 Å². The van der Waals surface area contributed by atoms with Crippen molar-refractivity contribution in [2.45, 2.75) is 25.3 Å². The number of hydrogen-bond donors (Lipinski definition) is 2. The van der Waals surface area contributed by atoms with Crippen molar-refractivity contribution in [3.63, 3.8) is 0 Å². The summed E-state index contributed by atoms with van der Waals surface area (Å²) in [5, 5.41) is 10.7. The van der Waals surface area contributed by atoms with Gasteiger partial charge in [0.1, 0.15) is 17.3 Å². The highest BCUT2D eigenvalue weighted by atomic mass is 16.5. The van der Waals surface area contributed by atoms with Gasteiger partial charge in [-0.15, -0.1) is 0 Å². The summed E-state index contributed by atoms with van der Waals surface area (Å²) in [6.45, 7) is 0.669. The summed E-state index contributed by atoms with van der Waals surface area (Å²) < 4.78 is 12.8. The summed E-state index contributed by atoms with van der Waals surface area (Å²) in [7, 11) is 1.87. The van der Waals surface area contributed by atoms with Gasteiger partial charge in [-0.2, -0.15) is 0 Å². The predicted molar refractivity (Wildman–Crippen MR) is 112 cm³/mol. The molecule has 4 aromatic rings. The molecule has 3 aromatic heterocycles. The van der Waals surface area contributed by atoms with Crippen molar-refractivity contribution < 1.29 is 14.1 Å². The molecule has 1 amide bonds. The Morgan fingerprint density at radius 2 is 2.07 bits per heavy atom. The lowest BCUT2D eigenvalue weighted by molar-refractivity contribution is 0.254. The third-order valence-corrected chi connectivity index (χ3v) is 5.01. The van der Waals surface area contributed by atoms with Crippen molar-refractivity contribution in [1.82, 2.24) is 20.0 Å². The number of carbonyl (C=O) groups excluding carboxylic acids is 1.